The van der Waals surface area contributed by atoms with Gasteiger partial charge in [0.2, 0.25) is 0 Å². The first-order chi connectivity index (χ1) is 10.7. The SMILES string of the molecule is O=C(NCCc1cccc(F)c1)c1ncoc1-c1cccs1. The smallest absolute Gasteiger partial charge is 0.273 e. The molecule has 3 rings (SSSR count). The number of carbonyl (C=O) groups excluding carboxylic acids is 1. The third kappa shape index (κ3) is 3.23. The van der Waals surface area contributed by atoms with Crippen LogP contribution in [0.25, 0.3) is 10.6 Å². The van der Waals surface area contributed by atoms with Crippen molar-refractivity contribution in [3.63, 3.8) is 0 Å². The molecule has 0 saturated carbocycles. The summed E-state index contributed by atoms with van der Waals surface area (Å²) < 4.78 is 18.4. The summed E-state index contributed by atoms with van der Waals surface area (Å²) in [6.45, 7) is 0.402. The lowest BCUT2D eigenvalue weighted by atomic mass is 10.1. The highest BCUT2D eigenvalue weighted by atomic mass is 32.1. The monoisotopic (exact) mass is 316 g/mol. The Balaban J connectivity index is 1.62. The molecule has 0 aliphatic rings. The Bertz CT molecular complexity index is 768. The number of hydrogen-bond donors (Lipinski definition) is 1. The fourth-order valence-corrected chi connectivity index (χ4v) is 2.80. The van der Waals surface area contributed by atoms with Gasteiger partial charge >= 0.3 is 0 Å². The molecule has 1 N–H and O–H groups in total. The lowest BCUT2D eigenvalue weighted by Gasteiger charge is -2.04. The molecule has 0 radical (unpaired) electrons. The topological polar surface area (TPSA) is 55.1 Å². The number of nitrogens with zero attached hydrogens (tertiary/aromatic N) is 1. The minimum Gasteiger partial charge on any atom is -0.442 e. The Morgan fingerprint density at radius 3 is 3.00 bits per heavy atom. The van der Waals surface area contributed by atoms with Gasteiger partial charge in [-0.15, -0.1) is 11.3 Å². The van der Waals surface area contributed by atoms with Crippen LogP contribution in [0, 0.1) is 5.82 Å². The molecule has 0 aliphatic heterocycles. The van der Waals surface area contributed by atoms with Gasteiger partial charge in [0.05, 0.1) is 4.88 Å². The van der Waals surface area contributed by atoms with E-state index in [-0.39, 0.29) is 17.4 Å². The Labute approximate surface area is 130 Å². The van der Waals surface area contributed by atoms with Crippen LogP contribution >= 0.6 is 11.3 Å². The zero-order chi connectivity index (χ0) is 15.4. The molecule has 1 aromatic carbocycles. The normalized spacial score (nSPS) is 10.6. The molecule has 0 aliphatic carbocycles. The van der Waals surface area contributed by atoms with E-state index in [4.69, 9.17) is 4.42 Å². The standard InChI is InChI=1S/C16H13FN2O2S/c17-12-4-1-3-11(9-12)6-7-18-16(20)14-15(21-10-19-14)13-5-2-8-22-13/h1-5,8-10H,6-7H2,(H,18,20). The summed E-state index contributed by atoms with van der Waals surface area (Å²) in [5.41, 5.74) is 1.10. The molecule has 112 valence electrons. The largest absolute Gasteiger partial charge is 0.442 e. The molecule has 0 atom stereocenters. The van der Waals surface area contributed by atoms with Crippen molar-refractivity contribution in [3.8, 4) is 10.6 Å². The minimum atomic E-state index is -0.298. The lowest BCUT2D eigenvalue weighted by molar-refractivity contribution is 0.0950. The van der Waals surface area contributed by atoms with E-state index in [0.717, 1.165) is 10.4 Å². The van der Waals surface area contributed by atoms with Crippen molar-refractivity contribution in [2.45, 2.75) is 6.42 Å². The van der Waals surface area contributed by atoms with Gasteiger partial charge in [-0.05, 0) is 35.6 Å². The average Bonchev–Trinajstić information content (AvgIpc) is 3.18. The molecule has 0 spiro atoms. The van der Waals surface area contributed by atoms with Crippen molar-refractivity contribution in [1.82, 2.24) is 10.3 Å². The fraction of sp³-hybridized carbons (Fsp3) is 0.125. The van der Waals surface area contributed by atoms with Crippen molar-refractivity contribution in [2.75, 3.05) is 6.54 Å². The molecule has 6 heteroatoms. The van der Waals surface area contributed by atoms with Crippen molar-refractivity contribution >= 4 is 17.2 Å². The van der Waals surface area contributed by atoms with Gasteiger partial charge in [-0.1, -0.05) is 18.2 Å². The van der Waals surface area contributed by atoms with Crippen molar-refractivity contribution in [2.24, 2.45) is 0 Å². The highest BCUT2D eigenvalue weighted by molar-refractivity contribution is 7.13. The zero-order valence-electron chi connectivity index (χ0n) is 11.6. The summed E-state index contributed by atoms with van der Waals surface area (Å²) in [7, 11) is 0. The van der Waals surface area contributed by atoms with Crippen molar-refractivity contribution in [3.05, 3.63) is 65.2 Å². The Morgan fingerprint density at radius 1 is 1.32 bits per heavy atom. The summed E-state index contributed by atoms with van der Waals surface area (Å²) in [6.07, 6.45) is 1.81. The summed E-state index contributed by atoms with van der Waals surface area (Å²) in [4.78, 5) is 17.0. The summed E-state index contributed by atoms with van der Waals surface area (Å²) in [5, 5.41) is 4.68. The van der Waals surface area contributed by atoms with Crippen LogP contribution in [-0.2, 0) is 6.42 Å². The molecule has 0 fully saturated rings. The highest BCUT2D eigenvalue weighted by Gasteiger charge is 2.18. The van der Waals surface area contributed by atoms with Crippen LogP contribution in [0.5, 0.6) is 0 Å². The van der Waals surface area contributed by atoms with E-state index in [0.29, 0.717) is 18.7 Å². The van der Waals surface area contributed by atoms with Crippen molar-refractivity contribution < 1.29 is 13.6 Å². The van der Waals surface area contributed by atoms with Crippen LogP contribution in [0.1, 0.15) is 16.1 Å². The number of amides is 1. The Kier molecular flexibility index (Phi) is 4.29. The number of carbonyl (C=O) groups is 1. The number of rotatable bonds is 5. The number of nitrogens with one attached hydrogen (secondary N) is 1. The molecule has 0 unspecified atom stereocenters. The predicted molar refractivity (Wildman–Crippen MR) is 82.3 cm³/mol. The van der Waals surface area contributed by atoms with Crippen LogP contribution in [-0.4, -0.2) is 17.4 Å². The molecule has 4 nitrogen and oxygen atoms in total. The lowest BCUT2D eigenvalue weighted by Crippen LogP contribution is -2.26. The molecule has 0 bridgehead atoms. The molecule has 2 aromatic heterocycles. The first-order valence-corrected chi connectivity index (χ1v) is 7.62. The predicted octanol–water partition coefficient (Wildman–Crippen LogP) is 3.51. The molecule has 2 heterocycles. The number of hydrogen-bond acceptors (Lipinski definition) is 4. The van der Waals surface area contributed by atoms with Gasteiger partial charge in [0.15, 0.2) is 17.8 Å². The van der Waals surface area contributed by atoms with Crippen LogP contribution < -0.4 is 5.32 Å². The van der Waals surface area contributed by atoms with Gasteiger partial charge in [0, 0.05) is 6.54 Å². The Hall–Kier alpha value is -2.47. The third-order valence-corrected chi connectivity index (χ3v) is 3.98. The van der Waals surface area contributed by atoms with Gasteiger partial charge in [0.1, 0.15) is 5.82 Å². The van der Waals surface area contributed by atoms with E-state index in [9.17, 15) is 9.18 Å². The van der Waals surface area contributed by atoms with E-state index in [2.05, 4.69) is 10.3 Å². The summed E-state index contributed by atoms with van der Waals surface area (Å²) in [6, 6.07) is 10.1. The van der Waals surface area contributed by atoms with Gasteiger partial charge in [-0.3, -0.25) is 4.79 Å². The number of aromatic nitrogens is 1. The first-order valence-electron chi connectivity index (χ1n) is 6.74. The second kappa shape index (κ2) is 6.53. The summed E-state index contributed by atoms with van der Waals surface area (Å²) >= 11 is 1.48. The third-order valence-electron chi connectivity index (χ3n) is 3.12. The van der Waals surface area contributed by atoms with E-state index in [1.807, 2.05) is 23.6 Å². The van der Waals surface area contributed by atoms with Gasteiger partial charge in [-0.2, -0.15) is 0 Å². The van der Waals surface area contributed by atoms with Crippen LogP contribution in [0.4, 0.5) is 4.39 Å². The molecular weight excluding hydrogens is 303 g/mol. The molecule has 3 aromatic rings. The maximum Gasteiger partial charge on any atom is 0.273 e. The number of thiophene rings is 1. The molecule has 1 amide bonds. The second-order valence-corrected chi connectivity index (χ2v) is 5.59. The Morgan fingerprint density at radius 2 is 2.23 bits per heavy atom. The molecule has 22 heavy (non-hydrogen) atoms. The van der Waals surface area contributed by atoms with E-state index in [1.165, 1.54) is 29.9 Å². The zero-order valence-corrected chi connectivity index (χ0v) is 12.4. The average molecular weight is 316 g/mol. The number of halogens is 1. The number of oxazole rings is 1. The minimum absolute atomic E-state index is 0.265. The number of benzene rings is 1. The van der Waals surface area contributed by atoms with Crippen LogP contribution in [0.15, 0.2) is 52.6 Å². The van der Waals surface area contributed by atoms with E-state index < -0.39 is 0 Å². The van der Waals surface area contributed by atoms with Crippen molar-refractivity contribution in [1.29, 1.82) is 0 Å². The maximum atomic E-state index is 13.1. The van der Waals surface area contributed by atoms with Gasteiger partial charge in [0.25, 0.3) is 5.91 Å². The second-order valence-electron chi connectivity index (χ2n) is 4.64. The van der Waals surface area contributed by atoms with E-state index >= 15 is 0 Å². The summed E-state index contributed by atoms with van der Waals surface area (Å²) in [5.74, 6) is -0.105. The molecular formula is C16H13FN2O2S. The fourth-order valence-electron chi connectivity index (χ4n) is 2.09. The van der Waals surface area contributed by atoms with Gasteiger partial charge in [-0.25, -0.2) is 9.37 Å². The van der Waals surface area contributed by atoms with Crippen LogP contribution in [0.2, 0.25) is 0 Å². The van der Waals surface area contributed by atoms with E-state index in [1.54, 1.807) is 6.07 Å². The first kappa shape index (κ1) is 14.5. The quantitative estimate of drug-likeness (QED) is 0.783. The van der Waals surface area contributed by atoms with Gasteiger partial charge < -0.3 is 9.73 Å². The van der Waals surface area contributed by atoms with Crippen LogP contribution in [0.3, 0.4) is 0 Å². The highest BCUT2D eigenvalue weighted by Crippen LogP contribution is 2.27. The molecule has 0 saturated heterocycles. The maximum absolute atomic E-state index is 13.1.